The summed E-state index contributed by atoms with van der Waals surface area (Å²) in [4.78, 5) is 18.9. The average molecular weight is 369 g/mol. The van der Waals surface area contributed by atoms with E-state index in [-0.39, 0.29) is 5.91 Å². The van der Waals surface area contributed by atoms with Crippen LogP contribution in [-0.4, -0.2) is 33.6 Å². The minimum Gasteiger partial charge on any atom is -0.369 e. The molecule has 2 aromatic heterocycles. The van der Waals surface area contributed by atoms with Gasteiger partial charge >= 0.3 is 0 Å². The molecule has 0 saturated heterocycles. The third-order valence-electron chi connectivity index (χ3n) is 4.18. The van der Waals surface area contributed by atoms with Crippen molar-refractivity contribution in [1.82, 2.24) is 9.38 Å². The lowest BCUT2D eigenvalue weighted by Gasteiger charge is -2.27. The normalized spacial score (nSPS) is 11.1. The molecule has 136 valence electrons. The summed E-state index contributed by atoms with van der Waals surface area (Å²) >= 11 is 1.43. The molecule has 5 nitrogen and oxygen atoms in total. The number of hydrogen-bond donors (Lipinski definition) is 1. The third-order valence-corrected chi connectivity index (χ3v) is 5.15. The second-order valence-electron chi connectivity index (χ2n) is 6.30. The maximum absolute atomic E-state index is 12.2. The molecule has 0 aliphatic rings. The van der Waals surface area contributed by atoms with Crippen LogP contribution in [0.25, 0.3) is 5.52 Å². The summed E-state index contributed by atoms with van der Waals surface area (Å²) in [6, 6.07) is 14.4. The summed E-state index contributed by atoms with van der Waals surface area (Å²) in [7, 11) is 0. The van der Waals surface area contributed by atoms with E-state index in [4.69, 9.17) is 0 Å². The fourth-order valence-corrected chi connectivity index (χ4v) is 3.70. The van der Waals surface area contributed by atoms with E-state index in [9.17, 15) is 4.79 Å². The van der Waals surface area contributed by atoms with Gasteiger partial charge in [0.1, 0.15) is 0 Å². The first-order chi connectivity index (χ1) is 12.6. The zero-order valence-electron chi connectivity index (χ0n) is 15.3. The molecule has 6 heteroatoms. The minimum absolute atomic E-state index is 0.0355. The number of aromatic nitrogens is 2. The smallest absolute Gasteiger partial charge is 0.234 e. The lowest BCUT2D eigenvalue weighted by molar-refractivity contribution is -0.113. The molecule has 0 spiro atoms. The fourth-order valence-electron chi connectivity index (χ4n) is 2.94. The van der Waals surface area contributed by atoms with Crippen molar-refractivity contribution in [1.29, 1.82) is 0 Å². The Balaban J connectivity index is 1.58. The first kappa shape index (κ1) is 18.3. The number of benzene rings is 1. The highest BCUT2D eigenvalue weighted by molar-refractivity contribution is 7.99. The second-order valence-corrected chi connectivity index (χ2v) is 7.24. The molecule has 0 radical (unpaired) electrons. The Hall–Kier alpha value is -2.47. The molecule has 3 rings (SSSR count). The molecule has 0 aliphatic carbocycles. The van der Waals surface area contributed by atoms with Crippen LogP contribution in [0, 0.1) is 0 Å². The summed E-state index contributed by atoms with van der Waals surface area (Å²) in [6.45, 7) is 7.45. The number of hydrogen-bond acceptors (Lipinski definition) is 4. The molecule has 2 heterocycles. The highest BCUT2D eigenvalue weighted by atomic mass is 32.2. The number of rotatable bonds is 7. The van der Waals surface area contributed by atoms with Crippen molar-refractivity contribution in [3.8, 4) is 0 Å². The van der Waals surface area contributed by atoms with Crippen molar-refractivity contribution in [3.63, 3.8) is 0 Å². The monoisotopic (exact) mass is 368 g/mol. The number of pyridine rings is 1. The summed E-state index contributed by atoms with van der Waals surface area (Å²) in [5, 5.41) is 3.77. The number of imidazole rings is 1. The van der Waals surface area contributed by atoms with Crippen LogP contribution in [0.3, 0.4) is 0 Å². The van der Waals surface area contributed by atoms with E-state index >= 15 is 0 Å². The number of carbonyl (C=O) groups is 1. The molecule has 1 aromatic carbocycles. The number of carbonyl (C=O) groups excluding carboxylic acids is 1. The Bertz CT molecular complexity index is 873. The SMILES string of the molecule is CCN(c1ccc(NC(=O)CSc2ncc3ccccn23)cc1)C(C)C. The van der Waals surface area contributed by atoms with Gasteiger partial charge in [0.25, 0.3) is 0 Å². The first-order valence-electron chi connectivity index (χ1n) is 8.80. The van der Waals surface area contributed by atoms with Gasteiger partial charge in [-0.05, 0) is 57.2 Å². The highest BCUT2D eigenvalue weighted by Crippen LogP contribution is 2.21. The molecule has 1 amide bonds. The van der Waals surface area contributed by atoms with Crippen molar-refractivity contribution >= 4 is 34.6 Å². The van der Waals surface area contributed by atoms with Gasteiger partial charge in [0.05, 0.1) is 17.5 Å². The van der Waals surface area contributed by atoms with E-state index in [0.29, 0.717) is 11.8 Å². The lowest BCUT2D eigenvalue weighted by Crippen LogP contribution is -2.30. The summed E-state index contributed by atoms with van der Waals surface area (Å²) in [5.74, 6) is 0.287. The van der Waals surface area contributed by atoms with Crippen LogP contribution >= 0.6 is 11.8 Å². The standard InChI is InChI=1S/C20H24N4OS/c1-4-23(15(2)3)17-10-8-16(9-11-17)22-19(25)14-26-20-21-13-18-7-5-6-12-24(18)20/h5-13,15H,4,14H2,1-3H3,(H,22,25). The van der Waals surface area contributed by atoms with Crippen molar-refractivity contribution in [3.05, 3.63) is 54.9 Å². The molecular formula is C20H24N4OS. The minimum atomic E-state index is -0.0355. The second kappa shape index (κ2) is 8.27. The largest absolute Gasteiger partial charge is 0.369 e. The van der Waals surface area contributed by atoms with Gasteiger partial charge in [0, 0.05) is 30.2 Å². The Kier molecular flexibility index (Phi) is 5.83. The van der Waals surface area contributed by atoms with Crippen LogP contribution in [-0.2, 0) is 4.79 Å². The molecule has 0 bridgehead atoms. The zero-order chi connectivity index (χ0) is 18.5. The van der Waals surface area contributed by atoms with Gasteiger partial charge in [-0.15, -0.1) is 0 Å². The van der Waals surface area contributed by atoms with E-state index in [1.54, 1.807) is 0 Å². The summed E-state index contributed by atoms with van der Waals surface area (Å²) < 4.78 is 1.98. The molecular weight excluding hydrogens is 344 g/mol. The Morgan fingerprint density at radius 2 is 2.00 bits per heavy atom. The number of nitrogens with zero attached hydrogens (tertiary/aromatic N) is 3. The zero-order valence-corrected chi connectivity index (χ0v) is 16.2. The molecule has 26 heavy (non-hydrogen) atoms. The van der Waals surface area contributed by atoms with Crippen molar-refractivity contribution in [2.75, 3.05) is 22.5 Å². The van der Waals surface area contributed by atoms with E-state index in [1.807, 2.05) is 59.3 Å². The lowest BCUT2D eigenvalue weighted by atomic mass is 10.2. The predicted octanol–water partition coefficient (Wildman–Crippen LogP) is 4.30. The summed E-state index contributed by atoms with van der Waals surface area (Å²) in [5.41, 5.74) is 3.00. The number of fused-ring (bicyclic) bond motifs is 1. The van der Waals surface area contributed by atoms with Gasteiger partial charge in [0.15, 0.2) is 5.16 Å². The number of thioether (sulfide) groups is 1. The van der Waals surface area contributed by atoms with Gasteiger partial charge in [-0.25, -0.2) is 4.98 Å². The van der Waals surface area contributed by atoms with E-state index in [1.165, 1.54) is 17.4 Å². The van der Waals surface area contributed by atoms with Gasteiger partial charge < -0.3 is 10.2 Å². The number of nitrogens with one attached hydrogen (secondary N) is 1. The van der Waals surface area contributed by atoms with E-state index in [0.717, 1.165) is 22.9 Å². The first-order valence-corrected chi connectivity index (χ1v) is 9.78. The predicted molar refractivity (Wildman–Crippen MR) is 109 cm³/mol. The number of anilines is 2. The van der Waals surface area contributed by atoms with Gasteiger partial charge in [0.2, 0.25) is 5.91 Å². The van der Waals surface area contributed by atoms with Crippen LogP contribution in [0.1, 0.15) is 20.8 Å². The third kappa shape index (κ3) is 4.19. The van der Waals surface area contributed by atoms with Gasteiger partial charge in [-0.2, -0.15) is 0 Å². The maximum Gasteiger partial charge on any atom is 0.234 e. The van der Waals surface area contributed by atoms with Crippen LogP contribution in [0.2, 0.25) is 0 Å². The average Bonchev–Trinajstić information content (AvgIpc) is 3.05. The molecule has 0 atom stereocenters. The summed E-state index contributed by atoms with van der Waals surface area (Å²) in [6.07, 6.45) is 3.77. The Labute approximate surface area is 158 Å². The number of amides is 1. The molecule has 0 unspecified atom stereocenters. The van der Waals surface area contributed by atoms with Crippen LogP contribution < -0.4 is 10.2 Å². The van der Waals surface area contributed by atoms with E-state index in [2.05, 4.69) is 36.0 Å². The molecule has 3 aromatic rings. The van der Waals surface area contributed by atoms with Crippen molar-refractivity contribution in [2.45, 2.75) is 32.0 Å². The molecule has 0 fully saturated rings. The van der Waals surface area contributed by atoms with Crippen LogP contribution in [0.4, 0.5) is 11.4 Å². The Morgan fingerprint density at radius 3 is 2.69 bits per heavy atom. The molecule has 1 N–H and O–H groups in total. The van der Waals surface area contributed by atoms with Crippen molar-refractivity contribution < 1.29 is 4.79 Å². The van der Waals surface area contributed by atoms with Gasteiger partial charge in [-0.3, -0.25) is 9.20 Å². The van der Waals surface area contributed by atoms with E-state index < -0.39 is 0 Å². The van der Waals surface area contributed by atoms with Crippen molar-refractivity contribution in [2.24, 2.45) is 0 Å². The van der Waals surface area contributed by atoms with Gasteiger partial charge in [-0.1, -0.05) is 17.8 Å². The van der Waals surface area contributed by atoms with Crippen LogP contribution in [0.5, 0.6) is 0 Å². The highest BCUT2D eigenvalue weighted by Gasteiger charge is 2.10. The van der Waals surface area contributed by atoms with Crippen LogP contribution in [0.15, 0.2) is 60.0 Å². The topological polar surface area (TPSA) is 49.6 Å². The Morgan fingerprint density at radius 1 is 1.23 bits per heavy atom. The molecule has 0 aliphatic heterocycles. The fraction of sp³-hybridized carbons (Fsp3) is 0.300. The maximum atomic E-state index is 12.2. The quantitative estimate of drug-likeness (QED) is 0.632. The molecule has 0 saturated carbocycles.